The van der Waals surface area contributed by atoms with Crippen molar-refractivity contribution in [3.8, 4) is 0 Å². The van der Waals surface area contributed by atoms with Gasteiger partial charge in [0.15, 0.2) is 0 Å². The van der Waals surface area contributed by atoms with E-state index in [-0.39, 0.29) is 18.5 Å². The molecule has 0 fully saturated rings. The maximum Gasteiger partial charge on any atom is 0.305 e. The van der Waals surface area contributed by atoms with Crippen molar-refractivity contribution < 1.29 is 24.5 Å². The van der Waals surface area contributed by atoms with Crippen LogP contribution in [0.15, 0.2) is 60.8 Å². The van der Waals surface area contributed by atoms with Gasteiger partial charge in [-0.2, -0.15) is 0 Å². The molecule has 0 aromatic heterocycles. The topological polar surface area (TPSA) is 95.9 Å². The number of unbranched alkanes of at least 4 members (excludes halogenated alkanes) is 29. The van der Waals surface area contributed by atoms with Crippen LogP contribution in [0.3, 0.4) is 0 Å². The maximum atomic E-state index is 12.4. The van der Waals surface area contributed by atoms with Crippen molar-refractivity contribution in [1.29, 1.82) is 0 Å². The Hall–Kier alpha value is -2.44. The number of amides is 1. The molecule has 3 N–H and O–H groups in total. The van der Waals surface area contributed by atoms with E-state index in [9.17, 15) is 19.8 Å². The number of ether oxygens (including phenoxy) is 1. The number of hydrogen-bond acceptors (Lipinski definition) is 5. The zero-order chi connectivity index (χ0) is 45.1. The molecular formula is C56H101NO5. The summed E-state index contributed by atoms with van der Waals surface area (Å²) in [5.74, 6) is -0.118. The monoisotopic (exact) mass is 868 g/mol. The molecule has 360 valence electrons. The number of rotatable bonds is 48. The van der Waals surface area contributed by atoms with Crippen LogP contribution in [0.4, 0.5) is 0 Å². The lowest BCUT2D eigenvalue weighted by atomic mass is 10.0. The van der Waals surface area contributed by atoms with Crippen LogP contribution in [0.2, 0.25) is 0 Å². The van der Waals surface area contributed by atoms with Gasteiger partial charge in [-0.05, 0) is 96.3 Å². The predicted molar refractivity (Wildman–Crippen MR) is 268 cm³/mol. The van der Waals surface area contributed by atoms with Crippen LogP contribution in [0.1, 0.15) is 258 Å². The highest BCUT2D eigenvalue weighted by atomic mass is 16.5. The Balaban J connectivity index is 3.55. The summed E-state index contributed by atoms with van der Waals surface area (Å²) in [5, 5.41) is 23.0. The SMILES string of the molecule is CCCC/C=C\C/C=C\CCCCCCCC(=O)OCCCCC/C=C\C/C=C\CCCCCCCCCC(=O)NC(CO)C(O)/C=C/CCCCCCCCCCCCCC. The van der Waals surface area contributed by atoms with Crippen LogP contribution in [-0.4, -0.2) is 47.4 Å². The molecule has 1 amide bonds. The molecule has 2 atom stereocenters. The van der Waals surface area contributed by atoms with E-state index >= 15 is 0 Å². The molecule has 0 bridgehead atoms. The Kier molecular flexibility index (Phi) is 49.2. The van der Waals surface area contributed by atoms with Gasteiger partial charge in [0.05, 0.1) is 25.4 Å². The lowest BCUT2D eigenvalue weighted by Gasteiger charge is -2.20. The Bertz CT molecular complexity index is 1090. The number of nitrogens with one attached hydrogen (secondary N) is 1. The molecule has 0 aromatic carbocycles. The van der Waals surface area contributed by atoms with Crippen LogP contribution in [0, 0.1) is 0 Å². The van der Waals surface area contributed by atoms with Crippen molar-refractivity contribution in [1.82, 2.24) is 5.32 Å². The summed E-state index contributed by atoms with van der Waals surface area (Å²) in [6, 6.07) is -0.641. The number of carbonyl (C=O) groups excluding carboxylic acids is 2. The lowest BCUT2D eigenvalue weighted by Crippen LogP contribution is -2.45. The first-order valence-corrected chi connectivity index (χ1v) is 26.6. The molecule has 0 aromatic rings. The smallest absolute Gasteiger partial charge is 0.305 e. The third kappa shape index (κ3) is 47.0. The lowest BCUT2D eigenvalue weighted by molar-refractivity contribution is -0.143. The third-order valence-corrected chi connectivity index (χ3v) is 11.8. The Morgan fingerprint density at radius 1 is 0.452 bits per heavy atom. The first kappa shape index (κ1) is 59.6. The second-order valence-electron chi connectivity index (χ2n) is 17.8. The highest BCUT2D eigenvalue weighted by molar-refractivity contribution is 5.76. The van der Waals surface area contributed by atoms with Crippen molar-refractivity contribution in [3.63, 3.8) is 0 Å². The fraction of sp³-hybridized carbons (Fsp3) is 0.786. The minimum atomic E-state index is -0.856. The zero-order valence-electron chi connectivity index (χ0n) is 40.8. The molecule has 2 unspecified atom stereocenters. The first-order chi connectivity index (χ1) is 30.5. The highest BCUT2D eigenvalue weighted by Gasteiger charge is 2.18. The molecule has 0 spiro atoms. The van der Waals surface area contributed by atoms with Gasteiger partial charge in [-0.3, -0.25) is 9.59 Å². The van der Waals surface area contributed by atoms with Gasteiger partial charge in [0.2, 0.25) is 5.91 Å². The van der Waals surface area contributed by atoms with Gasteiger partial charge in [-0.25, -0.2) is 0 Å². The number of hydrogen-bond donors (Lipinski definition) is 3. The minimum Gasteiger partial charge on any atom is -0.466 e. The average molecular weight is 868 g/mol. The van der Waals surface area contributed by atoms with Crippen molar-refractivity contribution in [2.45, 2.75) is 270 Å². The van der Waals surface area contributed by atoms with Gasteiger partial charge in [0.1, 0.15) is 0 Å². The fourth-order valence-electron chi connectivity index (χ4n) is 7.62. The Labute approximate surface area is 384 Å². The largest absolute Gasteiger partial charge is 0.466 e. The highest BCUT2D eigenvalue weighted by Crippen LogP contribution is 2.14. The molecule has 0 aliphatic heterocycles. The summed E-state index contributed by atoms with van der Waals surface area (Å²) >= 11 is 0. The zero-order valence-corrected chi connectivity index (χ0v) is 40.8. The normalized spacial score (nSPS) is 13.2. The van der Waals surface area contributed by atoms with Crippen LogP contribution in [-0.2, 0) is 14.3 Å². The van der Waals surface area contributed by atoms with Crippen molar-refractivity contribution in [2.75, 3.05) is 13.2 Å². The van der Waals surface area contributed by atoms with Crippen LogP contribution in [0.25, 0.3) is 0 Å². The van der Waals surface area contributed by atoms with Gasteiger partial charge in [0.25, 0.3) is 0 Å². The van der Waals surface area contributed by atoms with Crippen LogP contribution >= 0.6 is 0 Å². The molecule has 0 saturated heterocycles. The predicted octanol–water partition coefficient (Wildman–Crippen LogP) is 16.0. The van der Waals surface area contributed by atoms with Gasteiger partial charge in [-0.1, -0.05) is 209 Å². The molecule has 0 rings (SSSR count). The van der Waals surface area contributed by atoms with Crippen molar-refractivity contribution >= 4 is 11.9 Å². The summed E-state index contributed by atoms with van der Waals surface area (Å²) in [7, 11) is 0. The number of allylic oxidation sites excluding steroid dienone is 9. The van der Waals surface area contributed by atoms with E-state index in [1.54, 1.807) is 6.08 Å². The number of carbonyl (C=O) groups is 2. The molecule has 0 aliphatic rings. The summed E-state index contributed by atoms with van der Waals surface area (Å²) in [5.41, 5.74) is 0. The third-order valence-electron chi connectivity index (χ3n) is 11.8. The van der Waals surface area contributed by atoms with E-state index in [0.29, 0.717) is 19.4 Å². The summed E-state index contributed by atoms with van der Waals surface area (Å²) in [4.78, 5) is 24.4. The second-order valence-corrected chi connectivity index (χ2v) is 17.8. The second kappa shape index (κ2) is 51.2. The van der Waals surface area contributed by atoms with E-state index in [1.165, 1.54) is 135 Å². The summed E-state index contributed by atoms with van der Waals surface area (Å²) in [6.45, 7) is 4.79. The van der Waals surface area contributed by atoms with Gasteiger partial charge in [0, 0.05) is 12.8 Å². The quantitative estimate of drug-likeness (QED) is 0.0322. The van der Waals surface area contributed by atoms with E-state index in [4.69, 9.17) is 4.74 Å². The molecule has 62 heavy (non-hydrogen) atoms. The molecule has 0 heterocycles. The maximum absolute atomic E-state index is 12.4. The molecule has 0 radical (unpaired) electrons. The average Bonchev–Trinajstić information content (AvgIpc) is 3.27. The molecule has 6 heteroatoms. The van der Waals surface area contributed by atoms with E-state index < -0.39 is 12.1 Å². The first-order valence-electron chi connectivity index (χ1n) is 26.6. The standard InChI is InChI=1S/C56H101NO5/c1-3-5-7-9-11-13-15-17-24-28-32-36-40-44-48-54(59)53(52-58)57-55(60)49-45-41-37-33-29-25-22-20-19-21-23-27-31-35-39-43-47-51-62-56(61)50-46-42-38-34-30-26-18-16-14-12-10-8-6-4-2/h10,12,16,18-19,21,27,31,44,48,53-54,58-59H,3-9,11,13-15,17,20,22-26,28-30,32-43,45-47,49-52H2,1-2H3,(H,57,60)/b12-10-,18-16-,21-19-,31-27-,48-44+. The number of aliphatic hydroxyl groups excluding tert-OH is 2. The van der Waals surface area contributed by atoms with Crippen LogP contribution < -0.4 is 5.32 Å². The molecule has 0 aliphatic carbocycles. The Morgan fingerprint density at radius 3 is 1.27 bits per heavy atom. The van der Waals surface area contributed by atoms with Gasteiger partial charge in [-0.15, -0.1) is 0 Å². The molecule has 0 saturated carbocycles. The van der Waals surface area contributed by atoms with Crippen LogP contribution in [0.5, 0.6) is 0 Å². The minimum absolute atomic E-state index is 0.0322. The summed E-state index contributed by atoms with van der Waals surface area (Å²) < 4.78 is 5.43. The van der Waals surface area contributed by atoms with Crippen molar-refractivity contribution in [3.05, 3.63) is 60.8 Å². The fourth-order valence-corrected chi connectivity index (χ4v) is 7.62. The van der Waals surface area contributed by atoms with Gasteiger partial charge < -0.3 is 20.3 Å². The summed E-state index contributed by atoms with van der Waals surface area (Å²) in [6.07, 6.45) is 65.1. The molecule has 6 nitrogen and oxygen atoms in total. The van der Waals surface area contributed by atoms with Crippen molar-refractivity contribution in [2.24, 2.45) is 0 Å². The molecular weight excluding hydrogens is 767 g/mol. The Morgan fingerprint density at radius 2 is 0.823 bits per heavy atom. The number of esters is 1. The van der Waals surface area contributed by atoms with E-state index in [0.717, 1.165) is 96.3 Å². The number of aliphatic hydroxyl groups is 2. The van der Waals surface area contributed by atoms with Gasteiger partial charge >= 0.3 is 5.97 Å². The van der Waals surface area contributed by atoms with E-state index in [1.807, 2.05) is 6.08 Å². The van der Waals surface area contributed by atoms with E-state index in [2.05, 4.69) is 67.8 Å².